The van der Waals surface area contributed by atoms with Gasteiger partial charge in [0.1, 0.15) is 0 Å². The zero-order valence-corrected chi connectivity index (χ0v) is 11.6. The van der Waals surface area contributed by atoms with Crippen molar-refractivity contribution in [3.63, 3.8) is 0 Å². The summed E-state index contributed by atoms with van der Waals surface area (Å²) in [6, 6.07) is 1.43. The first-order valence-corrected chi connectivity index (χ1v) is 7.88. The normalized spacial score (nSPS) is 12.2. The first-order valence-electron chi connectivity index (χ1n) is 5.52. The minimum absolute atomic E-state index is 0.0803. The van der Waals surface area contributed by atoms with E-state index in [0.29, 0.717) is 11.4 Å². The number of thiophene rings is 1. The van der Waals surface area contributed by atoms with Crippen molar-refractivity contribution < 1.29 is 17.2 Å². The molecule has 0 aromatic carbocycles. The second-order valence-electron chi connectivity index (χ2n) is 3.63. The van der Waals surface area contributed by atoms with Gasteiger partial charge in [0.15, 0.2) is 0 Å². The summed E-state index contributed by atoms with van der Waals surface area (Å²) in [4.78, 5) is 0.710. The van der Waals surface area contributed by atoms with Crippen LogP contribution in [0.3, 0.4) is 0 Å². The third-order valence-corrected chi connectivity index (χ3v) is 4.69. The first kappa shape index (κ1) is 15.5. The molecule has 1 aromatic rings. The van der Waals surface area contributed by atoms with Crippen molar-refractivity contribution in [1.82, 2.24) is 10.0 Å². The molecule has 8 heteroatoms. The average Bonchev–Trinajstić information content (AvgIpc) is 2.76. The maximum absolute atomic E-state index is 12.0. The smallest absolute Gasteiger partial charge is 0.251 e. The Morgan fingerprint density at radius 2 is 2.17 bits per heavy atom. The van der Waals surface area contributed by atoms with E-state index in [4.69, 9.17) is 0 Å². The minimum Gasteiger partial charge on any atom is -0.312 e. The van der Waals surface area contributed by atoms with Crippen LogP contribution in [0, 0.1) is 0 Å². The maximum Gasteiger partial charge on any atom is 0.251 e. The highest BCUT2D eigenvalue weighted by Crippen LogP contribution is 2.21. The van der Waals surface area contributed by atoms with Gasteiger partial charge in [0.05, 0.1) is 11.4 Å². The first-order chi connectivity index (χ1) is 8.47. The molecular formula is C10H16F2N2O2S2. The monoisotopic (exact) mass is 298 g/mol. The number of nitrogens with one attached hydrogen (secondary N) is 2. The van der Waals surface area contributed by atoms with E-state index in [0.717, 1.165) is 13.0 Å². The fraction of sp³-hybridized carbons (Fsp3) is 0.600. The third-order valence-electron chi connectivity index (χ3n) is 2.13. The molecule has 0 saturated heterocycles. The molecule has 0 bridgehead atoms. The summed E-state index contributed by atoms with van der Waals surface area (Å²) < 4.78 is 49.5. The lowest BCUT2D eigenvalue weighted by Crippen LogP contribution is -2.29. The van der Waals surface area contributed by atoms with Gasteiger partial charge in [0, 0.05) is 11.4 Å². The number of hydrogen-bond acceptors (Lipinski definition) is 4. The SMILES string of the molecule is CCCNCc1sccc1S(=O)(=O)NCC(F)F. The van der Waals surface area contributed by atoms with Gasteiger partial charge in [0.2, 0.25) is 10.0 Å². The van der Waals surface area contributed by atoms with Gasteiger partial charge in [-0.25, -0.2) is 21.9 Å². The van der Waals surface area contributed by atoms with Gasteiger partial charge >= 0.3 is 0 Å². The molecule has 0 saturated carbocycles. The lowest BCUT2D eigenvalue weighted by Gasteiger charge is -2.07. The largest absolute Gasteiger partial charge is 0.312 e. The molecular weight excluding hydrogens is 282 g/mol. The van der Waals surface area contributed by atoms with Crippen LogP contribution >= 0.6 is 11.3 Å². The van der Waals surface area contributed by atoms with Gasteiger partial charge in [-0.1, -0.05) is 6.92 Å². The molecule has 1 aromatic heterocycles. The molecule has 1 rings (SSSR count). The Kier molecular flexibility index (Phi) is 6.13. The highest BCUT2D eigenvalue weighted by molar-refractivity contribution is 7.89. The zero-order valence-electron chi connectivity index (χ0n) is 9.95. The summed E-state index contributed by atoms with van der Waals surface area (Å²) in [7, 11) is -3.84. The van der Waals surface area contributed by atoms with E-state index in [-0.39, 0.29) is 4.90 Å². The highest BCUT2D eigenvalue weighted by atomic mass is 32.2. The molecule has 4 nitrogen and oxygen atoms in total. The van der Waals surface area contributed by atoms with Crippen molar-refractivity contribution in [2.75, 3.05) is 13.1 Å². The molecule has 104 valence electrons. The maximum atomic E-state index is 12.0. The van der Waals surface area contributed by atoms with Crippen molar-refractivity contribution in [2.24, 2.45) is 0 Å². The lowest BCUT2D eigenvalue weighted by atomic mass is 10.4. The Balaban J connectivity index is 2.73. The molecule has 2 N–H and O–H groups in total. The summed E-state index contributed by atoms with van der Waals surface area (Å²) >= 11 is 1.29. The molecule has 1 heterocycles. The number of alkyl halides is 2. The summed E-state index contributed by atoms with van der Waals surface area (Å²) in [6.07, 6.45) is -1.75. The fourth-order valence-corrected chi connectivity index (χ4v) is 3.74. The number of halogens is 2. The van der Waals surface area contributed by atoms with E-state index in [1.165, 1.54) is 17.4 Å². The van der Waals surface area contributed by atoms with Crippen molar-refractivity contribution >= 4 is 21.4 Å². The van der Waals surface area contributed by atoms with Gasteiger partial charge in [0.25, 0.3) is 6.43 Å². The number of hydrogen-bond donors (Lipinski definition) is 2. The predicted molar refractivity (Wildman–Crippen MR) is 67.5 cm³/mol. The van der Waals surface area contributed by atoms with Gasteiger partial charge < -0.3 is 5.32 Å². The third kappa shape index (κ3) is 4.60. The van der Waals surface area contributed by atoms with Gasteiger partial charge in [-0.05, 0) is 24.4 Å². The highest BCUT2D eigenvalue weighted by Gasteiger charge is 2.20. The van der Waals surface area contributed by atoms with Crippen LogP contribution in [-0.2, 0) is 16.6 Å². The summed E-state index contributed by atoms with van der Waals surface area (Å²) in [5.41, 5.74) is 0. The molecule has 0 atom stereocenters. The van der Waals surface area contributed by atoms with Crippen LogP contribution in [0.5, 0.6) is 0 Å². The van der Waals surface area contributed by atoms with Gasteiger partial charge in [-0.3, -0.25) is 0 Å². The Hall–Kier alpha value is -0.570. The molecule has 0 unspecified atom stereocenters. The van der Waals surface area contributed by atoms with E-state index in [9.17, 15) is 17.2 Å². The molecule has 0 fully saturated rings. The lowest BCUT2D eigenvalue weighted by molar-refractivity contribution is 0.153. The topological polar surface area (TPSA) is 58.2 Å². The molecule has 18 heavy (non-hydrogen) atoms. The second-order valence-corrected chi connectivity index (χ2v) is 6.36. The molecule has 0 aliphatic carbocycles. The minimum atomic E-state index is -3.84. The number of rotatable bonds is 8. The van der Waals surface area contributed by atoms with Crippen molar-refractivity contribution in [2.45, 2.75) is 31.2 Å². The summed E-state index contributed by atoms with van der Waals surface area (Å²) in [5, 5.41) is 4.72. The summed E-state index contributed by atoms with van der Waals surface area (Å²) in [5.74, 6) is 0. The van der Waals surface area contributed by atoms with Crippen LogP contribution in [0.25, 0.3) is 0 Å². The van der Waals surface area contributed by atoms with E-state index in [1.807, 2.05) is 11.6 Å². The second kappa shape index (κ2) is 7.13. The number of sulfonamides is 1. The van der Waals surface area contributed by atoms with Crippen LogP contribution in [0.15, 0.2) is 16.3 Å². The molecule has 0 radical (unpaired) electrons. The predicted octanol–water partition coefficient (Wildman–Crippen LogP) is 1.79. The van der Waals surface area contributed by atoms with Crippen LogP contribution in [0.4, 0.5) is 8.78 Å². The van der Waals surface area contributed by atoms with Crippen molar-refractivity contribution in [3.05, 3.63) is 16.3 Å². The van der Waals surface area contributed by atoms with E-state index >= 15 is 0 Å². The molecule has 0 aliphatic heterocycles. The fourth-order valence-electron chi connectivity index (χ4n) is 1.33. The van der Waals surface area contributed by atoms with E-state index in [2.05, 4.69) is 5.32 Å². The molecule has 0 aliphatic rings. The van der Waals surface area contributed by atoms with Crippen LogP contribution in [-0.4, -0.2) is 27.9 Å². The van der Waals surface area contributed by atoms with Crippen LogP contribution in [0.1, 0.15) is 18.2 Å². The quantitative estimate of drug-likeness (QED) is 0.719. The van der Waals surface area contributed by atoms with E-state index in [1.54, 1.807) is 5.38 Å². The summed E-state index contributed by atoms with van der Waals surface area (Å²) in [6.45, 7) is 2.35. The zero-order chi connectivity index (χ0) is 13.6. The van der Waals surface area contributed by atoms with Crippen molar-refractivity contribution in [3.8, 4) is 0 Å². The standard InChI is InChI=1S/C10H16F2N2O2S2/c1-2-4-13-6-8-9(3-5-17-8)18(15,16)14-7-10(11)12/h3,5,10,13-14H,2,4,6-7H2,1H3. The van der Waals surface area contributed by atoms with Crippen molar-refractivity contribution in [1.29, 1.82) is 0 Å². The Morgan fingerprint density at radius 3 is 2.78 bits per heavy atom. The van der Waals surface area contributed by atoms with Gasteiger partial charge in [-0.2, -0.15) is 0 Å². The molecule has 0 spiro atoms. The molecule has 0 amide bonds. The van der Waals surface area contributed by atoms with Crippen LogP contribution < -0.4 is 10.0 Å². The van der Waals surface area contributed by atoms with Gasteiger partial charge in [-0.15, -0.1) is 11.3 Å². The van der Waals surface area contributed by atoms with E-state index < -0.39 is 23.0 Å². The Labute approximate surface area is 109 Å². The average molecular weight is 298 g/mol. The van der Waals surface area contributed by atoms with Crippen LogP contribution in [0.2, 0.25) is 0 Å². The Morgan fingerprint density at radius 1 is 1.44 bits per heavy atom. The Bertz CT molecular complexity index is 460.